The number of morpholine rings is 1. The molecule has 1 aromatic rings. The Morgan fingerprint density at radius 2 is 1.85 bits per heavy atom. The van der Waals surface area contributed by atoms with Crippen LogP contribution in [0.2, 0.25) is 0 Å². The minimum absolute atomic E-state index is 0.0284. The summed E-state index contributed by atoms with van der Waals surface area (Å²) in [6, 6.07) is 6.50. The van der Waals surface area contributed by atoms with Gasteiger partial charge < -0.3 is 10.5 Å². The molecule has 0 aromatic heterocycles. The Bertz CT molecular complexity index is 434. The van der Waals surface area contributed by atoms with Crippen LogP contribution in [-0.4, -0.2) is 36.7 Å². The second-order valence-corrected chi connectivity index (χ2v) is 5.78. The van der Waals surface area contributed by atoms with Crippen LogP contribution in [0.3, 0.4) is 0 Å². The van der Waals surface area contributed by atoms with Crippen LogP contribution < -0.4 is 5.73 Å². The van der Waals surface area contributed by atoms with Crippen molar-refractivity contribution in [3.05, 3.63) is 35.4 Å². The zero-order chi connectivity index (χ0) is 14.8. The van der Waals surface area contributed by atoms with Crippen molar-refractivity contribution in [3.8, 4) is 0 Å². The Morgan fingerprint density at radius 3 is 2.35 bits per heavy atom. The normalized spacial score (nSPS) is 21.1. The Hall–Kier alpha value is -1.04. The number of hydrogen-bond donors (Lipinski definition) is 1. The maximum atomic E-state index is 12.6. The molecule has 1 atom stereocenters. The van der Waals surface area contributed by atoms with E-state index in [0.29, 0.717) is 19.8 Å². The second kappa shape index (κ2) is 6.16. The van der Waals surface area contributed by atoms with Crippen molar-refractivity contribution in [1.29, 1.82) is 0 Å². The maximum Gasteiger partial charge on any atom is 0.263 e. The number of hydrogen-bond acceptors (Lipinski definition) is 3. The highest BCUT2D eigenvalue weighted by molar-refractivity contribution is 5.26. The molecular weight excluding hydrogens is 262 g/mol. The molecular formula is C15H22F2N2O. The summed E-state index contributed by atoms with van der Waals surface area (Å²) in [5, 5.41) is 0. The highest BCUT2D eigenvalue weighted by Gasteiger charge is 2.35. The van der Waals surface area contributed by atoms with E-state index in [-0.39, 0.29) is 17.1 Å². The van der Waals surface area contributed by atoms with Gasteiger partial charge >= 0.3 is 0 Å². The van der Waals surface area contributed by atoms with Gasteiger partial charge in [-0.05, 0) is 19.4 Å². The first kappa shape index (κ1) is 15.4. The summed E-state index contributed by atoms with van der Waals surface area (Å²) in [7, 11) is 0. The lowest BCUT2D eigenvalue weighted by Crippen LogP contribution is -2.55. The van der Waals surface area contributed by atoms with Crippen molar-refractivity contribution < 1.29 is 13.5 Å². The van der Waals surface area contributed by atoms with E-state index in [9.17, 15) is 8.78 Å². The van der Waals surface area contributed by atoms with E-state index in [4.69, 9.17) is 10.5 Å². The van der Waals surface area contributed by atoms with Gasteiger partial charge in [0.1, 0.15) is 0 Å². The average molecular weight is 284 g/mol. The quantitative estimate of drug-likeness (QED) is 0.924. The van der Waals surface area contributed by atoms with Gasteiger partial charge in [-0.25, -0.2) is 8.78 Å². The summed E-state index contributed by atoms with van der Waals surface area (Å²) in [6.07, 6.45) is -2.43. The molecule has 1 unspecified atom stereocenters. The highest BCUT2D eigenvalue weighted by atomic mass is 19.3. The van der Waals surface area contributed by atoms with Crippen molar-refractivity contribution in [2.45, 2.75) is 31.9 Å². The van der Waals surface area contributed by atoms with Crippen LogP contribution in [0.25, 0.3) is 0 Å². The van der Waals surface area contributed by atoms with E-state index >= 15 is 0 Å². The minimum Gasteiger partial charge on any atom is -0.378 e. The number of benzene rings is 1. The van der Waals surface area contributed by atoms with E-state index in [1.54, 1.807) is 12.1 Å². The molecule has 20 heavy (non-hydrogen) atoms. The van der Waals surface area contributed by atoms with Gasteiger partial charge in [-0.2, -0.15) is 0 Å². The Balaban J connectivity index is 2.22. The monoisotopic (exact) mass is 284 g/mol. The fourth-order valence-electron chi connectivity index (χ4n) is 2.76. The molecule has 2 rings (SSSR count). The van der Waals surface area contributed by atoms with Gasteiger partial charge in [-0.1, -0.05) is 24.3 Å². The first-order valence-corrected chi connectivity index (χ1v) is 6.88. The Kier molecular flexibility index (Phi) is 4.73. The van der Waals surface area contributed by atoms with Crippen LogP contribution in [0.1, 0.15) is 37.4 Å². The highest BCUT2D eigenvalue weighted by Crippen LogP contribution is 2.31. The van der Waals surface area contributed by atoms with Crippen LogP contribution in [-0.2, 0) is 4.74 Å². The van der Waals surface area contributed by atoms with Gasteiger partial charge in [0.2, 0.25) is 0 Å². The van der Waals surface area contributed by atoms with Gasteiger partial charge in [0, 0.05) is 30.2 Å². The molecule has 1 aliphatic rings. The minimum atomic E-state index is -2.43. The summed E-state index contributed by atoms with van der Waals surface area (Å²) >= 11 is 0. The van der Waals surface area contributed by atoms with Crippen molar-refractivity contribution >= 4 is 0 Å². The number of alkyl halides is 2. The number of nitrogens with two attached hydrogens (primary N) is 1. The Labute approximate surface area is 118 Å². The molecule has 1 fully saturated rings. The average Bonchev–Trinajstić information content (AvgIpc) is 2.42. The molecule has 0 aliphatic carbocycles. The van der Waals surface area contributed by atoms with Crippen molar-refractivity contribution in [2.24, 2.45) is 5.73 Å². The third-order valence-corrected chi connectivity index (χ3v) is 3.88. The lowest BCUT2D eigenvalue weighted by atomic mass is 9.95. The first-order valence-electron chi connectivity index (χ1n) is 6.88. The van der Waals surface area contributed by atoms with E-state index in [0.717, 1.165) is 12.1 Å². The molecule has 5 heteroatoms. The number of rotatable bonds is 4. The molecule has 0 saturated carbocycles. The smallest absolute Gasteiger partial charge is 0.263 e. The zero-order valence-electron chi connectivity index (χ0n) is 12.0. The van der Waals surface area contributed by atoms with Crippen molar-refractivity contribution in [3.63, 3.8) is 0 Å². The van der Waals surface area contributed by atoms with E-state index in [2.05, 4.69) is 18.7 Å². The van der Waals surface area contributed by atoms with E-state index in [1.807, 2.05) is 0 Å². The predicted octanol–water partition coefficient (Wildman–Crippen LogP) is 2.73. The topological polar surface area (TPSA) is 38.5 Å². The summed E-state index contributed by atoms with van der Waals surface area (Å²) in [6.45, 7) is 6.81. The van der Waals surface area contributed by atoms with Crippen LogP contribution in [0, 0.1) is 0 Å². The number of ether oxygens (including phenoxy) is 1. The molecule has 1 saturated heterocycles. The predicted molar refractivity (Wildman–Crippen MR) is 74.8 cm³/mol. The number of halogens is 2. The maximum absolute atomic E-state index is 12.6. The molecule has 112 valence electrons. The third-order valence-electron chi connectivity index (χ3n) is 3.88. The standard InChI is InChI=1S/C15H22F2N2O/c1-15(2)10-20-8-7-19(15)13(9-18)11-3-5-12(6-4-11)14(16)17/h3-6,13-14H,7-10,18H2,1-2H3. The third kappa shape index (κ3) is 3.16. The van der Waals surface area contributed by atoms with Crippen LogP contribution in [0.4, 0.5) is 8.78 Å². The fourth-order valence-corrected chi connectivity index (χ4v) is 2.76. The van der Waals surface area contributed by atoms with Crippen molar-refractivity contribution in [1.82, 2.24) is 4.90 Å². The summed E-state index contributed by atoms with van der Waals surface area (Å²) in [5.41, 5.74) is 6.84. The van der Waals surface area contributed by atoms with Gasteiger partial charge in [-0.3, -0.25) is 4.90 Å². The fraction of sp³-hybridized carbons (Fsp3) is 0.600. The molecule has 1 heterocycles. The molecule has 3 nitrogen and oxygen atoms in total. The van der Waals surface area contributed by atoms with Crippen LogP contribution >= 0.6 is 0 Å². The van der Waals surface area contributed by atoms with Crippen molar-refractivity contribution in [2.75, 3.05) is 26.3 Å². The summed E-state index contributed by atoms with van der Waals surface area (Å²) < 4.78 is 30.7. The van der Waals surface area contributed by atoms with Crippen LogP contribution in [0.5, 0.6) is 0 Å². The summed E-state index contributed by atoms with van der Waals surface area (Å²) in [4.78, 5) is 2.30. The largest absolute Gasteiger partial charge is 0.378 e. The molecule has 1 aromatic carbocycles. The van der Waals surface area contributed by atoms with Gasteiger partial charge in [0.15, 0.2) is 0 Å². The summed E-state index contributed by atoms with van der Waals surface area (Å²) in [5.74, 6) is 0. The molecule has 0 radical (unpaired) electrons. The molecule has 2 N–H and O–H groups in total. The van der Waals surface area contributed by atoms with Gasteiger partial charge in [0.25, 0.3) is 6.43 Å². The van der Waals surface area contributed by atoms with E-state index < -0.39 is 6.43 Å². The SMILES string of the molecule is CC1(C)COCCN1C(CN)c1ccc(C(F)F)cc1. The Morgan fingerprint density at radius 1 is 1.25 bits per heavy atom. The molecule has 0 bridgehead atoms. The lowest BCUT2D eigenvalue weighted by Gasteiger charge is -2.46. The number of nitrogens with zero attached hydrogens (tertiary/aromatic N) is 1. The van der Waals surface area contributed by atoms with E-state index in [1.165, 1.54) is 12.1 Å². The lowest BCUT2D eigenvalue weighted by molar-refractivity contribution is -0.0712. The van der Waals surface area contributed by atoms with Crippen LogP contribution in [0.15, 0.2) is 24.3 Å². The molecule has 1 aliphatic heterocycles. The first-order chi connectivity index (χ1) is 9.45. The van der Waals surface area contributed by atoms with Gasteiger partial charge in [-0.15, -0.1) is 0 Å². The molecule has 0 spiro atoms. The zero-order valence-corrected chi connectivity index (χ0v) is 12.0. The molecule has 0 amide bonds. The second-order valence-electron chi connectivity index (χ2n) is 5.78. The van der Waals surface area contributed by atoms with Gasteiger partial charge in [0.05, 0.1) is 13.2 Å².